The lowest BCUT2D eigenvalue weighted by Gasteiger charge is -2.05. The van der Waals surface area contributed by atoms with Crippen LogP contribution >= 0.6 is 0 Å². The summed E-state index contributed by atoms with van der Waals surface area (Å²) in [7, 11) is 3.10. The van der Waals surface area contributed by atoms with Crippen molar-refractivity contribution in [2.45, 2.75) is 0 Å². The van der Waals surface area contributed by atoms with Crippen molar-refractivity contribution in [1.29, 1.82) is 0 Å². The number of carbonyl (C=O) groups excluding carboxylic acids is 2. The van der Waals surface area contributed by atoms with Crippen molar-refractivity contribution in [3.05, 3.63) is 71.9 Å². The van der Waals surface area contributed by atoms with E-state index in [0.717, 1.165) is 11.3 Å². The highest BCUT2D eigenvalue weighted by atomic mass is 16.5. The summed E-state index contributed by atoms with van der Waals surface area (Å²) in [6.45, 7) is 0. The Labute approximate surface area is 145 Å². The molecule has 0 aliphatic carbocycles. The summed E-state index contributed by atoms with van der Waals surface area (Å²) in [5, 5.41) is 7.02. The lowest BCUT2D eigenvalue weighted by molar-refractivity contribution is 0.0600. The van der Waals surface area contributed by atoms with Gasteiger partial charge in [-0.15, -0.1) is 0 Å². The van der Waals surface area contributed by atoms with Crippen molar-refractivity contribution >= 4 is 17.6 Å². The van der Waals surface area contributed by atoms with Gasteiger partial charge in [-0.2, -0.15) is 5.10 Å². The van der Waals surface area contributed by atoms with Gasteiger partial charge in [-0.05, 0) is 29.8 Å². The summed E-state index contributed by atoms with van der Waals surface area (Å²) in [5.41, 5.74) is 2.98. The number of esters is 1. The first-order valence-electron chi connectivity index (χ1n) is 7.67. The van der Waals surface area contributed by atoms with Gasteiger partial charge in [-0.3, -0.25) is 9.48 Å². The van der Waals surface area contributed by atoms with Crippen molar-refractivity contribution in [3.63, 3.8) is 0 Å². The lowest BCUT2D eigenvalue weighted by Crippen LogP contribution is -2.13. The summed E-state index contributed by atoms with van der Waals surface area (Å²) >= 11 is 0. The first kappa shape index (κ1) is 16.4. The van der Waals surface area contributed by atoms with Gasteiger partial charge in [0.2, 0.25) is 0 Å². The number of methoxy groups -OCH3 is 1. The van der Waals surface area contributed by atoms with Crippen LogP contribution in [0.1, 0.15) is 20.8 Å². The van der Waals surface area contributed by atoms with Gasteiger partial charge < -0.3 is 10.1 Å². The molecule has 25 heavy (non-hydrogen) atoms. The number of amides is 1. The zero-order valence-corrected chi connectivity index (χ0v) is 13.9. The molecule has 0 radical (unpaired) electrons. The molecule has 1 aromatic heterocycles. The van der Waals surface area contributed by atoms with Crippen LogP contribution in [0.25, 0.3) is 11.3 Å². The maximum atomic E-state index is 12.5. The molecular weight excluding hydrogens is 318 g/mol. The third-order valence-electron chi connectivity index (χ3n) is 3.72. The van der Waals surface area contributed by atoms with Crippen molar-refractivity contribution in [3.8, 4) is 11.3 Å². The van der Waals surface area contributed by atoms with Gasteiger partial charge in [-0.1, -0.05) is 36.4 Å². The Balaban J connectivity index is 1.82. The molecule has 0 saturated carbocycles. The minimum atomic E-state index is -0.458. The van der Waals surface area contributed by atoms with E-state index >= 15 is 0 Å². The topological polar surface area (TPSA) is 73.2 Å². The number of anilines is 1. The van der Waals surface area contributed by atoms with Crippen LogP contribution in [0.3, 0.4) is 0 Å². The van der Waals surface area contributed by atoms with E-state index in [0.29, 0.717) is 16.9 Å². The Kier molecular flexibility index (Phi) is 4.61. The molecule has 6 heteroatoms. The molecule has 0 bridgehead atoms. The lowest BCUT2D eigenvalue weighted by atomic mass is 10.1. The number of aryl methyl sites for hydroxylation is 1. The van der Waals surface area contributed by atoms with Crippen LogP contribution in [0, 0.1) is 0 Å². The van der Waals surface area contributed by atoms with E-state index in [1.165, 1.54) is 7.11 Å². The highest BCUT2D eigenvalue weighted by Crippen LogP contribution is 2.20. The number of nitrogens with one attached hydrogen (secondary N) is 1. The van der Waals surface area contributed by atoms with Crippen LogP contribution in [0.15, 0.2) is 60.7 Å². The molecule has 0 atom stereocenters. The Morgan fingerprint density at radius 3 is 2.52 bits per heavy atom. The first-order valence-corrected chi connectivity index (χ1v) is 7.67. The minimum absolute atomic E-state index is 0.296. The number of nitrogens with zero attached hydrogens (tertiary/aromatic N) is 2. The fraction of sp³-hybridized carbons (Fsp3) is 0.105. The fourth-order valence-corrected chi connectivity index (χ4v) is 2.49. The molecule has 2 aromatic carbocycles. The maximum absolute atomic E-state index is 12.5. The van der Waals surface area contributed by atoms with Gasteiger partial charge in [0.25, 0.3) is 5.91 Å². The smallest absolute Gasteiger partial charge is 0.337 e. The van der Waals surface area contributed by atoms with E-state index in [2.05, 4.69) is 15.2 Å². The molecule has 1 heterocycles. The van der Waals surface area contributed by atoms with Gasteiger partial charge in [0, 0.05) is 12.7 Å². The fourth-order valence-electron chi connectivity index (χ4n) is 2.49. The van der Waals surface area contributed by atoms with Gasteiger partial charge in [-0.25, -0.2) is 4.79 Å². The Hall–Kier alpha value is -3.41. The van der Waals surface area contributed by atoms with E-state index in [4.69, 9.17) is 0 Å². The predicted octanol–water partition coefficient (Wildman–Crippen LogP) is 3.13. The van der Waals surface area contributed by atoms with E-state index < -0.39 is 5.97 Å². The summed E-state index contributed by atoms with van der Waals surface area (Å²) < 4.78 is 6.34. The van der Waals surface area contributed by atoms with Crippen molar-refractivity contribution in [1.82, 2.24) is 9.78 Å². The molecule has 126 valence electrons. The molecule has 0 saturated heterocycles. The highest BCUT2D eigenvalue weighted by Gasteiger charge is 2.15. The second-order valence-corrected chi connectivity index (χ2v) is 5.43. The number of hydrogen-bond acceptors (Lipinski definition) is 4. The first-order chi connectivity index (χ1) is 12.1. The second kappa shape index (κ2) is 7.00. The number of carbonyl (C=O) groups is 2. The van der Waals surface area contributed by atoms with Crippen LogP contribution in [0.4, 0.5) is 5.69 Å². The standard InChI is InChI=1S/C19H17N3O3/c1-22-17(13-7-4-3-5-8-13)12-16(21-22)18(23)20-15-10-6-9-14(11-15)19(24)25-2/h3-12H,1-2H3,(H,20,23). The predicted molar refractivity (Wildman–Crippen MR) is 94.4 cm³/mol. The van der Waals surface area contributed by atoms with E-state index in [-0.39, 0.29) is 5.91 Å². The largest absolute Gasteiger partial charge is 0.465 e. The SMILES string of the molecule is COC(=O)c1cccc(NC(=O)c2cc(-c3ccccc3)n(C)n2)c1. The molecule has 3 rings (SSSR count). The van der Waals surface area contributed by atoms with E-state index in [1.54, 1.807) is 42.1 Å². The molecule has 0 unspecified atom stereocenters. The average molecular weight is 335 g/mol. The monoisotopic (exact) mass is 335 g/mol. The van der Waals surface area contributed by atoms with Crippen molar-refractivity contribution in [2.24, 2.45) is 7.05 Å². The van der Waals surface area contributed by atoms with E-state index in [9.17, 15) is 9.59 Å². The molecule has 1 N–H and O–H groups in total. The van der Waals surface area contributed by atoms with Crippen LogP contribution in [-0.2, 0) is 11.8 Å². The van der Waals surface area contributed by atoms with Crippen LogP contribution < -0.4 is 5.32 Å². The quantitative estimate of drug-likeness (QED) is 0.744. The highest BCUT2D eigenvalue weighted by molar-refractivity contribution is 6.04. The second-order valence-electron chi connectivity index (χ2n) is 5.43. The number of benzene rings is 2. The van der Waals surface area contributed by atoms with E-state index in [1.807, 2.05) is 30.3 Å². The van der Waals surface area contributed by atoms with Crippen molar-refractivity contribution in [2.75, 3.05) is 12.4 Å². The van der Waals surface area contributed by atoms with Crippen molar-refractivity contribution < 1.29 is 14.3 Å². The zero-order chi connectivity index (χ0) is 17.8. The number of ether oxygens (including phenoxy) is 1. The molecule has 1 amide bonds. The van der Waals surface area contributed by atoms with Gasteiger partial charge >= 0.3 is 5.97 Å². The molecule has 0 fully saturated rings. The number of rotatable bonds is 4. The number of hydrogen-bond donors (Lipinski definition) is 1. The summed E-state index contributed by atoms with van der Waals surface area (Å²) in [5.74, 6) is -0.805. The van der Waals surface area contributed by atoms with Crippen LogP contribution in [0.2, 0.25) is 0 Å². The summed E-state index contributed by atoms with van der Waals surface area (Å²) in [4.78, 5) is 24.0. The third kappa shape index (κ3) is 3.58. The summed E-state index contributed by atoms with van der Waals surface area (Å²) in [6.07, 6.45) is 0. The zero-order valence-electron chi connectivity index (χ0n) is 13.9. The molecule has 0 aliphatic heterocycles. The normalized spacial score (nSPS) is 10.3. The van der Waals surface area contributed by atoms with Gasteiger partial charge in [0.15, 0.2) is 5.69 Å². The molecule has 3 aromatic rings. The Bertz CT molecular complexity index is 917. The minimum Gasteiger partial charge on any atom is -0.465 e. The van der Waals surface area contributed by atoms with Gasteiger partial charge in [0.05, 0.1) is 18.4 Å². The molecule has 6 nitrogen and oxygen atoms in total. The maximum Gasteiger partial charge on any atom is 0.337 e. The Morgan fingerprint density at radius 2 is 1.80 bits per heavy atom. The molecule has 0 spiro atoms. The number of aromatic nitrogens is 2. The average Bonchev–Trinajstić information content (AvgIpc) is 3.04. The van der Waals surface area contributed by atoms with Crippen LogP contribution in [0.5, 0.6) is 0 Å². The molecule has 0 aliphatic rings. The third-order valence-corrected chi connectivity index (χ3v) is 3.72. The summed E-state index contributed by atoms with van der Waals surface area (Å²) in [6, 6.07) is 18.0. The van der Waals surface area contributed by atoms with Gasteiger partial charge in [0.1, 0.15) is 0 Å². The van der Waals surface area contributed by atoms with Crippen LogP contribution in [-0.4, -0.2) is 28.8 Å². The molecular formula is C19H17N3O3. The Morgan fingerprint density at radius 1 is 1.04 bits per heavy atom.